The molecular formula is C15H18O2. The highest BCUT2D eigenvalue weighted by molar-refractivity contribution is 5.33. The number of aliphatic hydroxyl groups excluding tert-OH is 1. The van der Waals surface area contributed by atoms with Gasteiger partial charge in [-0.25, -0.2) is 0 Å². The van der Waals surface area contributed by atoms with Gasteiger partial charge in [0.05, 0.1) is 6.61 Å². The van der Waals surface area contributed by atoms with Gasteiger partial charge in [-0.3, -0.25) is 0 Å². The zero-order valence-electron chi connectivity index (χ0n) is 9.93. The van der Waals surface area contributed by atoms with Crippen molar-refractivity contribution in [1.82, 2.24) is 0 Å². The average molecular weight is 230 g/mol. The van der Waals surface area contributed by atoms with E-state index in [9.17, 15) is 5.11 Å². The second kappa shape index (κ2) is 4.19. The monoisotopic (exact) mass is 230 g/mol. The van der Waals surface area contributed by atoms with Gasteiger partial charge < -0.3 is 9.84 Å². The number of aliphatic hydroxyl groups is 1. The summed E-state index contributed by atoms with van der Waals surface area (Å²) in [5.74, 6) is 0.786. The smallest absolute Gasteiger partial charge is 0.122 e. The van der Waals surface area contributed by atoms with Crippen molar-refractivity contribution in [3.05, 3.63) is 47.7 Å². The Morgan fingerprint density at radius 2 is 1.94 bits per heavy atom. The van der Waals surface area contributed by atoms with Gasteiger partial charge in [-0.2, -0.15) is 0 Å². The van der Waals surface area contributed by atoms with Crippen molar-refractivity contribution >= 4 is 0 Å². The molecule has 0 spiro atoms. The molecule has 1 atom stereocenters. The Balaban J connectivity index is 1.92. The number of hydrogen-bond acceptors (Lipinski definition) is 2. The van der Waals surface area contributed by atoms with Gasteiger partial charge >= 0.3 is 0 Å². The van der Waals surface area contributed by atoms with Crippen molar-refractivity contribution in [2.45, 2.75) is 37.2 Å². The van der Waals surface area contributed by atoms with Crippen LogP contribution in [0.5, 0.6) is 0 Å². The lowest BCUT2D eigenvalue weighted by atomic mass is 9.60. The molecular weight excluding hydrogens is 212 g/mol. The van der Waals surface area contributed by atoms with Crippen molar-refractivity contribution in [2.24, 2.45) is 0 Å². The molecule has 2 heteroatoms. The molecule has 1 aromatic carbocycles. The summed E-state index contributed by atoms with van der Waals surface area (Å²) >= 11 is 0. The van der Waals surface area contributed by atoms with E-state index in [0.717, 1.165) is 31.6 Å². The first kappa shape index (κ1) is 10.8. The fourth-order valence-corrected chi connectivity index (χ4v) is 2.95. The zero-order valence-corrected chi connectivity index (χ0v) is 9.93. The molecule has 1 N–H and O–H groups in total. The topological polar surface area (TPSA) is 29.5 Å². The Hall–Kier alpha value is -1.28. The van der Waals surface area contributed by atoms with Gasteiger partial charge in [0.25, 0.3) is 0 Å². The minimum absolute atomic E-state index is 0.0998. The first-order chi connectivity index (χ1) is 8.33. The molecule has 1 aliphatic heterocycles. The van der Waals surface area contributed by atoms with Crippen LogP contribution in [0.3, 0.4) is 0 Å². The second-order valence-corrected chi connectivity index (χ2v) is 5.02. The van der Waals surface area contributed by atoms with E-state index in [4.69, 9.17) is 4.74 Å². The van der Waals surface area contributed by atoms with Gasteiger partial charge in [0.15, 0.2) is 0 Å². The third-order valence-electron chi connectivity index (χ3n) is 4.12. The Morgan fingerprint density at radius 3 is 2.47 bits per heavy atom. The Labute approximate surface area is 102 Å². The zero-order chi connectivity index (χ0) is 11.7. The number of hydrogen-bond donors (Lipinski definition) is 1. The van der Waals surface area contributed by atoms with E-state index in [1.165, 1.54) is 12.0 Å². The van der Waals surface area contributed by atoms with Crippen molar-refractivity contribution in [1.29, 1.82) is 0 Å². The summed E-state index contributed by atoms with van der Waals surface area (Å²) in [6.45, 7) is 0.720. The summed E-state index contributed by atoms with van der Waals surface area (Å²) in [4.78, 5) is 0. The second-order valence-electron chi connectivity index (χ2n) is 5.02. The van der Waals surface area contributed by atoms with E-state index in [0.29, 0.717) is 0 Å². The summed E-state index contributed by atoms with van der Waals surface area (Å²) in [6, 6.07) is 10.4. The molecule has 0 radical (unpaired) electrons. The molecule has 2 nitrogen and oxygen atoms in total. The minimum atomic E-state index is -0.471. The lowest BCUT2D eigenvalue weighted by molar-refractivity contribution is 0.0144. The fourth-order valence-electron chi connectivity index (χ4n) is 2.95. The summed E-state index contributed by atoms with van der Waals surface area (Å²) < 4.78 is 5.53. The first-order valence-electron chi connectivity index (χ1n) is 6.39. The molecule has 3 rings (SSSR count). The molecule has 17 heavy (non-hydrogen) atoms. The van der Waals surface area contributed by atoms with Crippen molar-refractivity contribution in [2.75, 3.05) is 6.61 Å². The minimum Gasteiger partial charge on any atom is -0.495 e. The molecule has 1 aliphatic carbocycles. The summed E-state index contributed by atoms with van der Waals surface area (Å²) in [5.41, 5.74) is 1.15. The SMILES string of the molecule is OC(C1=CCCO1)C1(c2ccccc2)CCC1. The summed E-state index contributed by atoms with van der Waals surface area (Å²) in [7, 11) is 0. The van der Waals surface area contributed by atoms with Crippen LogP contribution in [0.4, 0.5) is 0 Å². The highest BCUT2D eigenvalue weighted by Crippen LogP contribution is 2.48. The quantitative estimate of drug-likeness (QED) is 0.865. The van der Waals surface area contributed by atoms with Crippen LogP contribution >= 0.6 is 0 Å². The Bertz CT molecular complexity index is 418. The van der Waals surface area contributed by atoms with Crippen LogP contribution in [0, 0.1) is 0 Å². The molecule has 1 aromatic rings. The van der Waals surface area contributed by atoms with Crippen LogP contribution in [0.2, 0.25) is 0 Å². The highest BCUT2D eigenvalue weighted by Gasteiger charge is 2.47. The molecule has 1 saturated carbocycles. The van der Waals surface area contributed by atoms with E-state index in [1.807, 2.05) is 24.3 Å². The van der Waals surface area contributed by atoms with E-state index in [-0.39, 0.29) is 5.41 Å². The maximum absolute atomic E-state index is 10.6. The van der Waals surface area contributed by atoms with Crippen LogP contribution in [-0.2, 0) is 10.2 Å². The van der Waals surface area contributed by atoms with Gasteiger partial charge in [-0.1, -0.05) is 36.8 Å². The van der Waals surface area contributed by atoms with Crippen molar-refractivity contribution in [3.63, 3.8) is 0 Å². The van der Waals surface area contributed by atoms with E-state index >= 15 is 0 Å². The number of rotatable bonds is 3. The molecule has 0 saturated heterocycles. The van der Waals surface area contributed by atoms with Gasteiger partial charge in [0.1, 0.15) is 11.9 Å². The fraction of sp³-hybridized carbons (Fsp3) is 0.467. The number of benzene rings is 1. The molecule has 0 aromatic heterocycles. The maximum atomic E-state index is 10.6. The molecule has 0 amide bonds. The maximum Gasteiger partial charge on any atom is 0.122 e. The van der Waals surface area contributed by atoms with Crippen LogP contribution in [0.15, 0.2) is 42.2 Å². The third-order valence-corrected chi connectivity index (χ3v) is 4.12. The normalized spacial score (nSPS) is 23.5. The predicted molar refractivity (Wildman–Crippen MR) is 66.6 cm³/mol. The van der Waals surface area contributed by atoms with Gasteiger partial charge in [0.2, 0.25) is 0 Å². The van der Waals surface area contributed by atoms with Crippen LogP contribution in [0.25, 0.3) is 0 Å². The molecule has 90 valence electrons. The molecule has 2 aliphatic rings. The van der Waals surface area contributed by atoms with Gasteiger partial charge in [-0.15, -0.1) is 0 Å². The first-order valence-corrected chi connectivity index (χ1v) is 6.39. The summed E-state index contributed by atoms with van der Waals surface area (Å²) in [6.07, 6.45) is 5.79. The average Bonchev–Trinajstić information content (AvgIpc) is 2.82. The summed E-state index contributed by atoms with van der Waals surface area (Å²) in [5, 5.41) is 10.6. The van der Waals surface area contributed by atoms with E-state index in [2.05, 4.69) is 12.1 Å². The Kier molecular flexibility index (Phi) is 2.67. The third kappa shape index (κ3) is 1.67. The number of ether oxygens (including phenoxy) is 1. The molecule has 1 fully saturated rings. The van der Waals surface area contributed by atoms with Crippen LogP contribution in [0.1, 0.15) is 31.2 Å². The molecule has 1 unspecified atom stereocenters. The van der Waals surface area contributed by atoms with Gasteiger partial charge in [-0.05, 0) is 24.5 Å². The molecule has 0 bridgehead atoms. The van der Waals surface area contributed by atoms with Crippen molar-refractivity contribution < 1.29 is 9.84 Å². The van der Waals surface area contributed by atoms with Crippen LogP contribution in [-0.4, -0.2) is 17.8 Å². The van der Waals surface area contributed by atoms with Gasteiger partial charge in [0, 0.05) is 11.8 Å². The van der Waals surface area contributed by atoms with E-state index in [1.54, 1.807) is 0 Å². The largest absolute Gasteiger partial charge is 0.495 e. The standard InChI is InChI=1S/C15H18O2/c16-14(13-8-4-11-17-13)15(9-5-10-15)12-6-2-1-3-7-12/h1-3,6-8,14,16H,4-5,9-11H2. The lowest BCUT2D eigenvalue weighted by Gasteiger charge is -2.46. The van der Waals surface area contributed by atoms with Crippen LogP contribution < -0.4 is 0 Å². The molecule has 1 heterocycles. The van der Waals surface area contributed by atoms with Crippen molar-refractivity contribution in [3.8, 4) is 0 Å². The predicted octanol–water partition coefficient (Wildman–Crippen LogP) is 2.77. The van der Waals surface area contributed by atoms with E-state index < -0.39 is 6.10 Å². The Morgan fingerprint density at radius 1 is 1.18 bits per heavy atom. The lowest BCUT2D eigenvalue weighted by Crippen LogP contribution is -2.46. The highest BCUT2D eigenvalue weighted by atomic mass is 16.5.